The van der Waals surface area contributed by atoms with Crippen LogP contribution in [0.3, 0.4) is 0 Å². The van der Waals surface area contributed by atoms with Crippen LogP contribution in [-0.2, 0) is 5.88 Å². The number of pyridine rings is 1. The van der Waals surface area contributed by atoms with E-state index < -0.39 is 0 Å². The van der Waals surface area contributed by atoms with E-state index in [4.69, 9.17) is 16.3 Å². The summed E-state index contributed by atoms with van der Waals surface area (Å²) in [6, 6.07) is 9.88. The highest BCUT2D eigenvalue weighted by Gasteiger charge is 2.11. The Hall–Kier alpha value is -2.07. The number of rotatable bonds is 4. The molecular weight excluding hydrogens is 286 g/mol. The van der Waals surface area contributed by atoms with Gasteiger partial charge in [0.05, 0.1) is 23.7 Å². The Balaban J connectivity index is 2.07. The molecule has 4 nitrogen and oxygen atoms in total. The molecule has 108 valence electrons. The molecule has 0 N–H and O–H groups in total. The number of hydrogen-bond acceptors (Lipinski definition) is 3. The van der Waals surface area contributed by atoms with E-state index in [0.717, 1.165) is 28.3 Å². The molecule has 0 amide bonds. The number of alkyl halides is 1. The number of imidazole rings is 1. The third-order valence-electron chi connectivity index (χ3n) is 3.11. The predicted molar refractivity (Wildman–Crippen MR) is 84.2 cm³/mol. The van der Waals surface area contributed by atoms with Gasteiger partial charge in [-0.3, -0.25) is 9.55 Å². The Morgan fingerprint density at radius 1 is 1.19 bits per heavy atom. The zero-order valence-electron chi connectivity index (χ0n) is 12.0. The first-order chi connectivity index (χ1) is 10.2. The van der Waals surface area contributed by atoms with E-state index in [-0.39, 0.29) is 6.10 Å². The Labute approximate surface area is 128 Å². The van der Waals surface area contributed by atoms with Gasteiger partial charge in [-0.1, -0.05) is 0 Å². The van der Waals surface area contributed by atoms with Crippen LogP contribution in [0.5, 0.6) is 5.75 Å². The largest absolute Gasteiger partial charge is 0.491 e. The molecule has 21 heavy (non-hydrogen) atoms. The summed E-state index contributed by atoms with van der Waals surface area (Å²) in [5.41, 5.74) is 2.85. The van der Waals surface area contributed by atoms with Crippen molar-refractivity contribution in [1.82, 2.24) is 14.5 Å². The molecule has 1 aromatic carbocycles. The molecule has 3 aromatic rings. The van der Waals surface area contributed by atoms with Crippen molar-refractivity contribution < 1.29 is 4.74 Å². The molecule has 0 atom stereocenters. The van der Waals surface area contributed by atoms with Crippen LogP contribution < -0.4 is 4.74 Å². The molecule has 0 unspecified atom stereocenters. The molecule has 0 radical (unpaired) electrons. The maximum Gasteiger partial charge on any atom is 0.129 e. The van der Waals surface area contributed by atoms with E-state index in [1.165, 1.54) is 0 Å². The van der Waals surface area contributed by atoms with Gasteiger partial charge in [-0.2, -0.15) is 0 Å². The van der Waals surface area contributed by atoms with E-state index in [1.807, 2.05) is 48.7 Å². The lowest BCUT2D eigenvalue weighted by Crippen LogP contribution is -2.05. The Bertz CT molecular complexity index is 750. The topological polar surface area (TPSA) is 39.9 Å². The van der Waals surface area contributed by atoms with Crippen LogP contribution in [0, 0.1) is 0 Å². The summed E-state index contributed by atoms with van der Waals surface area (Å²) in [4.78, 5) is 8.62. The predicted octanol–water partition coefficient (Wildman–Crippen LogP) is 3.95. The van der Waals surface area contributed by atoms with E-state index in [9.17, 15) is 0 Å². The maximum atomic E-state index is 6.03. The average molecular weight is 302 g/mol. The molecule has 0 aliphatic carbocycles. The van der Waals surface area contributed by atoms with Gasteiger partial charge in [0.25, 0.3) is 0 Å². The van der Waals surface area contributed by atoms with Crippen molar-refractivity contribution in [3.63, 3.8) is 0 Å². The van der Waals surface area contributed by atoms with Crippen LogP contribution in [0.2, 0.25) is 0 Å². The van der Waals surface area contributed by atoms with Crippen molar-refractivity contribution in [2.45, 2.75) is 25.8 Å². The quantitative estimate of drug-likeness (QED) is 0.685. The lowest BCUT2D eigenvalue weighted by atomic mass is 10.3. The molecule has 5 heteroatoms. The van der Waals surface area contributed by atoms with Gasteiger partial charge in [0.15, 0.2) is 0 Å². The second-order valence-corrected chi connectivity index (χ2v) is 5.29. The van der Waals surface area contributed by atoms with Gasteiger partial charge in [0.2, 0.25) is 0 Å². The fraction of sp³-hybridized carbons (Fsp3) is 0.250. The Morgan fingerprint density at radius 3 is 2.62 bits per heavy atom. The summed E-state index contributed by atoms with van der Waals surface area (Å²) in [6.45, 7) is 4.02. The maximum absolute atomic E-state index is 6.03. The minimum atomic E-state index is 0.161. The minimum Gasteiger partial charge on any atom is -0.491 e. The first-order valence-corrected chi connectivity index (χ1v) is 7.37. The van der Waals surface area contributed by atoms with E-state index >= 15 is 0 Å². The molecule has 3 rings (SSSR count). The lowest BCUT2D eigenvalue weighted by molar-refractivity contribution is 0.242. The van der Waals surface area contributed by atoms with Gasteiger partial charge in [0, 0.05) is 11.9 Å². The lowest BCUT2D eigenvalue weighted by Gasteiger charge is -2.12. The summed E-state index contributed by atoms with van der Waals surface area (Å²) < 4.78 is 7.71. The fourth-order valence-electron chi connectivity index (χ4n) is 2.31. The molecule has 0 saturated heterocycles. The Kier molecular flexibility index (Phi) is 3.80. The summed E-state index contributed by atoms with van der Waals surface area (Å²) in [5.74, 6) is 2.00. The molecule has 0 bridgehead atoms. The number of hydrogen-bond donors (Lipinski definition) is 0. The van der Waals surface area contributed by atoms with Gasteiger partial charge in [-0.15, -0.1) is 11.6 Å². The van der Waals surface area contributed by atoms with Crippen molar-refractivity contribution in [2.24, 2.45) is 0 Å². The molecule has 0 fully saturated rings. The Morgan fingerprint density at radius 2 is 1.95 bits per heavy atom. The molecular formula is C16H16ClN3O. The summed E-state index contributed by atoms with van der Waals surface area (Å²) in [5, 5.41) is 0. The standard InChI is InChI=1S/C16H16ClN3O/c1-11(2)21-13-5-3-12(4-6-13)20-15-7-8-18-10-14(15)19-16(20)9-17/h3-8,10-11H,9H2,1-2H3. The summed E-state index contributed by atoms with van der Waals surface area (Å²) >= 11 is 6.03. The fourth-order valence-corrected chi connectivity index (χ4v) is 2.49. The average Bonchev–Trinajstić information content (AvgIpc) is 2.86. The van der Waals surface area contributed by atoms with Crippen molar-refractivity contribution in [3.05, 3.63) is 48.5 Å². The van der Waals surface area contributed by atoms with Crippen molar-refractivity contribution >= 4 is 22.6 Å². The van der Waals surface area contributed by atoms with Crippen LogP contribution in [0.1, 0.15) is 19.7 Å². The highest BCUT2D eigenvalue weighted by Crippen LogP contribution is 2.24. The van der Waals surface area contributed by atoms with Crippen LogP contribution in [0.4, 0.5) is 0 Å². The SMILES string of the molecule is CC(C)Oc1ccc(-n2c(CCl)nc3cnccc32)cc1. The third kappa shape index (κ3) is 2.72. The highest BCUT2D eigenvalue weighted by atomic mass is 35.5. The molecule has 0 aliphatic rings. The van der Waals surface area contributed by atoms with Crippen molar-refractivity contribution in [2.75, 3.05) is 0 Å². The smallest absolute Gasteiger partial charge is 0.129 e. The zero-order valence-corrected chi connectivity index (χ0v) is 12.7. The molecule has 2 aromatic heterocycles. The number of ether oxygens (including phenoxy) is 1. The normalized spacial score (nSPS) is 11.2. The van der Waals surface area contributed by atoms with E-state index in [1.54, 1.807) is 12.4 Å². The minimum absolute atomic E-state index is 0.161. The van der Waals surface area contributed by atoms with E-state index in [2.05, 4.69) is 9.97 Å². The number of fused-ring (bicyclic) bond motifs is 1. The number of halogens is 1. The summed E-state index contributed by atoms with van der Waals surface area (Å²) in [6.07, 6.45) is 3.67. The summed E-state index contributed by atoms with van der Waals surface area (Å²) in [7, 11) is 0. The zero-order chi connectivity index (χ0) is 14.8. The van der Waals surface area contributed by atoms with Gasteiger partial charge >= 0.3 is 0 Å². The highest BCUT2D eigenvalue weighted by molar-refractivity contribution is 6.17. The van der Waals surface area contributed by atoms with Gasteiger partial charge in [-0.25, -0.2) is 4.98 Å². The van der Waals surface area contributed by atoms with Crippen LogP contribution in [0.15, 0.2) is 42.7 Å². The van der Waals surface area contributed by atoms with E-state index in [0.29, 0.717) is 5.88 Å². The second-order valence-electron chi connectivity index (χ2n) is 5.02. The first-order valence-electron chi connectivity index (χ1n) is 6.83. The van der Waals surface area contributed by atoms with Gasteiger partial charge < -0.3 is 4.74 Å². The van der Waals surface area contributed by atoms with Gasteiger partial charge in [-0.05, 0) is 44.2 Å². The monoisotopic (exact) mass is 301 g/mol. The van der Waals surface area contributed by atoms with Crippen molar-refractivity contribution in [3.8, 4) is 11.4 Å². The molecule has 2 heterocycles. The van der Waals surface area contributed by atoms with Crippen LogP contribution >= 0.6 is 11.6 Å². The molecule has 0 spiro atoms. The van der Waals surface area contributed by atoms with Crippen LogP contribution in [0.25, 0.3) is 16.7 Å². The molecule has 0 aliphatic heterocycles. The van der Waals surface area contributed by atoms with Crippen LogP contribution in [-0.4, -0.2) is 20.6 Å². The number of nitrogens with zero attached hydrogens (tertiary/aromatic N) is 3. The van der Waals surface area contributed by atoms with Crippen molar-refractivity contribution in [1.29, 1.82) is 0 Å². The number of benzene rings is 1. The van der Waals surface area contributed by atoms with Gasteiger partial charge in [0.1, 0.15) is 17.1 Å². The third-order valence-corrected chi connectivity index (χ3v) is 3.35. The number of aromatic nitrogens is 3. The first kappa shape index (κ1) is 13.9. The molecule has 0 saturated carbocycles. The second kappa shape index (κ2) is 5.74.